The normalized spacial score (nSPS) is 15.4. The number of likely N-dealkylation sites (tertiary alicyclic amines) is 1. The minimum Gasteiger partial charge on any atom is -0.505 e. The van der Waals surface area contributed by atoms with Gasteiger partial charge in [-0.1, -0.05) is 0 Å². The lowest BCUT2D eigenvalue weighted by molar-refractivity contribution is 0.0965. The molecule has 0 spiro atoms. The highest BCUT2D eigenvalue weighted by Crippen LogP contribution is 2.38. The van der Waals surface area contributed by atoms with Gasteiger partial charge in [0.15, 0.2) is 11.4 Å². The number of benzene rings is 1. The SMILES string of the molecule is O=C(CCN1CCCC1)c1cc2cc(Br)c(O)c(Br)c2oc1=O. The van der Waals surface area contributed by atoms with Gasteiger partial charge in [-0.05, 0) is 69.9 Å². The summed E-state index contributed by atoms with van der Waals surface area (Å²) in [5, 5.41) is 10.4. The number of phenolic OH excluding ortho intramolecular Hbond substituents is 1. The van der Waals surface area contributed by atoms with Crippen LogP contribution in [0.15, 0.2) is 30.3 Å². The number of nitrogens with zero attached hydrogens (tertiary/aromatic N) is 1. The number of hydrogen-bond donors (Lipinski definition) is 1. The van der Waals surface area contributed by atoms with Crippen molar-refractivity contribution in [2.24, 2.45) is 0 Å². The zero-order valence-corrected chi connectivity index (χ0v) is 15.4. The Morgan fingerprint density at radius 2 is 1.96 bits per heavy atom. The van der Waals surface area contributed by atoms with E-state index >= 15 is 0 Å². The zero-order chi connectivity index (χ0) is 16.6. The summed E-state index contributed by atoms with van der Waals surface area (Å²) in [6.07, 6.45) is 2.63. The Bertz CT molecular complexity index is 825. The average Bonchev–Trinajstić information content (AvgIpc) is 3.04. The van der Waals surface area contributed by atoms with Crippen LogP contribution >= 0.6 is 31.9 Å². The predicted molar refractivity (Wildman–Crippen MR) is 94.2 cm³/mol. The molecule has 1 aromatic heterocycles. The second-order valence-electron chi connectivity index (χ2n) is 5.61. The molecule has 1 N–H and O–H groups in total. The van der Waals surface area contributed by atoms with Crippen LogP contribution in [0.3, 0.4) is 0 Å². The second-order valence-corrected chi connectivity index (χ2v) is 7.26. The van der Waals surface area contributed by atoms with Crippen molar-refractivity contribution in [2.75, 3.05) is 19.6 Å². The lowest BCUT2D eigenvalue weighted by atomic mass is 10.1. The van der Waals surface area contributed by atoms with Crippen molar-refractivity contribution in [3.05, 3.63) is 37.1 Å². The van der Waals surface area contributed by atoms with Crippen LogP contribution in [0.4, 0.5) is 0 Å². The maximum absolute atomic E-state index is 12.3. The van der Waals surface area contributed by atoms with E-state index in [1.807, 2.05) is 0 Å². The highest BCUT2D eigenvalue weighted by atomic mass is 79.9. The zero-order valence-electron chi connectivity index (χ0n) is 12.3. The minimum absolute atomic E-state index is 0.0474. The van der Waals surface area contributed by atoms with Crippen LogP contribution in [0, 0.1) is 0 Å². The summed E-state index contributed by atoms with van der Waals surface area (Å²) in [5.74, 6) is -0.262. The number of rotatable bonds is 4. The van der Waals surface area contributed by atoms with Gasteiger partial charge < -0.3 is 14.4 Å². The number of ketones is 1. The molecule has 0 radical (unpaired) electrons. The van der Waals surface area contributed by atoms with Gasteiger partial charge in [0.1, 0.15) is 15.8 Å². The molecule has 7 heteroatoms. The molecule has 0 bridgehead atoms. The third kappa shape index (κ3) is 3.36. The first-order valence-electron chi connectivity index (χ1n) is 7.38. The van der Waals surface area contributed by atoms with Gasteiger partial charge in [-0.15, -0.1) is 0 Å². The average molecular weight is 445 g/mol. The molecule has 1 saturated heterocycles. The summed E-state index contributed by atoms with van der Waals surface area (Å²) in [7, 11) is 0. The summed E-state index contributed by atoms with van der Waals surface area (Å²) >= 11 is 6.43. The van der Waals surface area contributed by atoms with E-state index in [1.165, 1.54) is 6.07 Å². The first-order chi connectivity index (χ1) is 11.0. The molecule has 1 aliphatic rings. The first kappa shape index (κ1) is 16.7. The van der Waals surface area contributed by atoms with E-state index in [1.54, 1.807) is 6.07 Å². The van der Waals surface area contributed by atoms with Crippen LogP contribution in [-0.4, -0.2) is 35.4 Å². The second kappa shape index (κ2) is 6.75. The third-order valence-electron chi connectivity index (χ3n) is 4.05. The molecule has 23 heavy (non-hydrogen) atoms. The van der Waals surface area contributed by atoms with E-state index in [4.69, 9.17) is 4.42 Å². The highest BCUT2D eigenvalue weighted by Gasteiger charge is 2.19. The molecule has 5 nitrogen and oxygen atoms in total. The van der Waals surface area contributed by atoms with Gasteiger partial charge in [-0.25, -0.2) is 4.79 Å². The van der Waals surface area contributed by atoms with Crippen LogP contribution in [0.25, 0.3) is 11.0 Å². The maximum atomic E-state index is 12.3. The van der Waals surface area contributed by atoms with Crippen molar-refractivity contribution in [1.82, 2.24) is 4.90 Å². The molecule has 0 amide bonds. The van der Waals surface area contributed by atoms with E-state index in [-0.39, 0.29) is 27.2 Å². The van der Waals surface area contributed by atoms with E-state index < -0.39 is 5.63 Å². The third-order valence-corrected chi connectivity index (χ3v) is 5.39. The van der Waals surface area contributed by atoms with Crippen LogP contribution in [0.2, 0.25) is 0 Å². The fourth-order valence-electron chi connectivity index (χ4n) is 2.78. The van der Waals surface area contributed by atoms with Crippen LogP contribution in [0.1, 0.15) is 29.6 Å². The minimum atomic E-state index is -0.675. The summed E-state index contributed by atoms with van der Waals surface area (Å²) in [6, 6.07) is 3.15. The molecule has 0 atom stereocenters. The van der Waals surface area contributed by atoms with Crippen molar-refractivity contribution >= 4 is 48.6 Å². The number of aromatic hydroxyl groups is 1. The molecule has 122 valence electrons. The quantitative estimate of drug-likeness (QED) is 0.575. The summed E-state index contributed by atoms with van der Waals surface area (Å²) in [5.41, 5.74) is -0.390. The lowest BCUT2D eigenvalue weighted by Gasteiger charge is -2.13. The van der Waals surface area contributed by atoms with Crippen molar-refractivity contribution in [3.63, 3.8) is 0 Å². The van der Waals surface area contributed by atoms with E-state index in [2.05, 4.69) is 36.8 Å². The van der Waals surface area contributed by atoms with Crippen molar-refractivity contribution in [2.45, 2.75) is 19.3 Å². The predicted octanol–water partition coefficient (Wildman–Crippen LogP) is 3.69. The first-order valence-corrected chi connectivity index (χ1v) is 8.96. The van der Waals surface area contributed by atoms with Gasteiger partial charge in [0.25, 0.3) is 0 Å². The molecular formula is C16H15Br2NO4. The summed E-state index contributed by atoms with van der Waals surface area (Å²) < 4.78 is 5.98. The maximum Gasteiger partial charge on any atom is 0.347 e. The number of carbonyl (C=O) groups excluding carboxylic acids is 1. The highest BCUT2D eigenvalue weighted by molar-refractivity contribution is 9.11. The molecule has 1 fully saturated rings. The van der Waals surface area contributed by atoms with Gasteiger partial charge >= 0.3 is 5.63 Å². The van der Waals surface area contributed by atoms with Crippen LogP contribution in [-0.2, 0) is 0 Å². The van der Waals surface area contributed by atoms with E-state index in [0.717, 1.165) is 25.9 Å². The van der Waals surface area contributed by atoms with E-state index in [9.17, 15) is 14.7 Å². The Labute approximate surface area is 149 Å². The summed E-state index contributed by atoms with van der Waals surface area (Å²) in [6.45, 7) is 2.69. The number of phenols is 1. The lowest BCUT2D eigenvalue weighted by Crippen LogP contribution is -2.24. The van der Waals surface area contributed by atoms with Gasteiger partial charge in [-0.2, -0.15) is 0 Å². The number of halogens is 2. The molecule has 1 aromatic carbocycles. The Kier molecular flexibility index (Phi) is 4.89. The van der Waals surface area contributed by atoms with E-state index in [0.29, 0.717) is 22.8 Å². The molecule has 2 aromatic rings. The number of fused-ring (bicyclic) bond motifs is 1. The van der Waals surface area contributed by atoms with Gasteiger partial charge in [0.2, 0.25) is 0 Å². The van der Waals surface area contributed by atoms with Crippen LogP contribution in [0.5, 0.6) is 5.75 Å². The topological polar surface area (TPSA) is 70.8 Å². The number of carbonyl (C=O) groups is 1. The standard InChI is InChI=1S/C16H15Br2NO4/c17-11-8-9-7-10(12(20)3-6-19-4-1-2-5-19)16(22)23-15(9)13(18)14(11)21/h7-8,21H,1-6H2. The Hall–Kier alpha value is -1.18. The molecular weight excluding hydrogens is 430 g/mol. The molecule has 2 heterocycles. The monoisotopic (exact) mass is 443 g/mol. The molecule has 0 saturated carbocycles. The smallest absolute Gasteiger partial charge is 0.347 e. The summed E-state index contributed by atoms with van der Waals surface area (Å²) in [4.78, 5) is 26.7. The fourth-order valence-corrected chi connectivity index (χ4v) is 4.01. The molecule has 0 unspecified atom stereocenters. The number of hydrogen-bond acceptors (Lipinski definition) is 5. The fraction of sp³-hybridized carbons (Fsp3) is 0.375. The van der Waals surface area contributed by atoms with Crippen molar-refractivity contribution < 1.29 is 14.3 Å². The van der Waals surface area contributed by atoms with Crippen LogP contribution < -0.4 is 5.63 Å². The Morgan fingerprint density at radius 1 is 1.26 bits per heavy atom. The van der Waals surface area contributed by atoms with Gasteiger partial charge in [0, 0.05) is 18.4 Å². The van der Waals surface area contributed by atoms with Gasteiger partial charge in [-0.3, -0.25) is 4.79 Å². The van der Waals surface area contributed by atoms with Crippen molar-refractivity contribution in [3.8, 4) is 5.75 Å². The molecule has 1 aliphatic heterocycles. The van der Waals surface area contributed by atoms with Crippen molar-refractivity contribution in [1.29, 1.82) is 0 Å². The number of Topliss-reactive ketones (excluding diaryl/α,β-unsaturated/α-hetero) is 1. The Balaban J connectivity index is 1.91. The molecule has 0 aliphatic carbocycles. The Morgan fingerprint density at radius 3 is 2.65 bits per heavy atom. The van der Waals surface area contributed by atoms with Gasteiger partial charge in [0.05, 0.1) is 4.47 Å². The molecule has 3 rings (SSSR count). The largest absolute Gasteiger partial charge is 0.505 e.